The highest BCUT2D eigenvalue weighted by molar-refractivity contribution is 5.27. The van der Waals surface area contributed by atoms with E-state index >= 15 is 0 Å². The Labute approximate surface area is 436 Å². The zero-order chi connectivity index (χ0) is 50.6. The molecule has 10 heteroatoms. The fourth-order valence-corrected chi connectivity index (χ4v) is 5.06. The third-order valence-electron chi connectivity index (χ3n) is 9.63. The molecule has 0 N–H and O–H groups in total. The van der Waals surface area contributed by atoms with Crippen LogP contribution in [0.25, 0.3) is 0 Å². The second-order valence-corrected chi connectivity index (χ2v) is 16.0. The Morgan fingerprint density at radius 2 is 0.384 bits per heavy atom. The summed E-state index contributed by atoms with van der Waals surface area (Å²) in [6, 6.07) is 29.7. The Hall–Kier alpha value is -6.16. The second kappa shape index (κ2) is 39.4. The largest absolute Gasteiger partial charge is 0.207 e. The molecule has 0 aliphatic heterocycles. The smallest absolute Gasteiger partial charge is 0.161 e. The lowest BCUT2D eigenvalue weighted by atomic mass is 10.1. The van der Waals surface area contributed by atoms with Gasteiger partial charge in [0, 0.05) is 11.1 Å². The molecule has 0 radical (unpaired) electrons. The van der Waals surface area contributed by atoms with E-state index in [9.17, 15) is 43.9 Å². The van der Waals surface area contributed by atoms with Gasteiger partial charge in [-0.25, -0.2) is 43.9 Å². The molecule has 7 aromatic carbocycles. The lowest BCUT2D eigenvalue weighted by Gasteiger charge is -1.99. The van der Waals surface area contributed by atoms with Crippen LogP contribution < -0.4 is 0 Å². The van der Waals surface area contributed by atoms with Gasteiger partial charge in [0.05, 0.1) is 0 Å². The van der Waals surface area contributed by atoms with E-state index < -0.39 is 34.9 Å². The van der Waals surface area contributed by atoms with E-state index in [-0.39, 0.29) is 86.4 Å². The van der Waals surface area contributed by atoms with Crippen LogP contribution in [0.4, 0.5) is 43.9 Å². The van der Waals surface area contributed by atoms with E-state index in [1.807, 2.05) is 26.0 Å². The lowest BCUT2D eigenvalue weighted by molar-refractivity contribution is 0.497. The van der Waals surface area contributed by atoms with Crippen LogP contribution in [0.2, 0.25) is 0 Å². The van der Waals surface area contributed by atoms with Crippen LogP contribution >= 0.6 is 0 Å². The minimum absolute atomic E-state index is 0. The normalized spacial score (nSPS) is 8.88. The molecule has 0 atom stereocenters. The van der Waals surface area contributed by atoms with Crippen molar-refractivity contribution in [3.8, 4) is 0 Å². The molecule has 0 aromatic heterocycles. The highest BCUT2D eigenvalue weighted by Crippen LogP contribution is 2.16. The van der Waals surface area contributed by atoms with Crippen LogP contribution in [0.3, 0.4) is 0 Å². The summed E-state index contributed by atoms with van der Waals surface area (Å²) in [6.07, 6.45) is 0. The first-order chi connectivity index (χ1) is 30.6. The SMILES string of the molecule is C.C.C.C.C.C.C.Cc1cc(F)c(C)c(F)c1.Cc1cc(F)c(C)c(F)c1.Cc1cc(F)c(C)cc1F.Cc1ccc(C)c(F)c1.Cc1ccc(C)c(F)c1.Cc1ccc(C)c(F)c1F.Cc1ccc(C)cc1. The number of aryl methyl sites for hydroxylation is 12. The Kier molecular flexibility index (Phi) is 43.6. The zero-order valence-electron chi connectivity index (χ0n) is 40.2. The van der Waals surface area contributed by atoms with Crippen molar-refractivity contribution in [3.63, 3.8) is 0 Å². The summed E-state index contributed by atoms with van der Waals surface area (Å²) < 4.78 is 126. The van der Waals surface area contributed by atoms with Crippen LogP contribution in [0.1, 0.15) is 130 Å². The van der Waals surface area contributed by atoms with Gasteiger partial charge < -0.3 is 0 Å². The van der Waals surface area contributed by atoms with Crippen LogP contribution in [-0.2, 0) is 0 Å². The maximum atomic E-state index is 12.6. The quantitative estimate of drug-likeness (QED) is 0.133. The topological polar surface area (TPSA) is 0 Å². The molecule has 0 nitrogen and oxygen atoms in total. The Morgan fingerprint density at radius 3 is 0.603 bits per heavy atom. The van der Waals surface area contributed by atoms with Crippen molar-refractivity contribution in [2.45, 2.75) is 149 Å². The predicted molar refractivity (Wildman–Crippen MR) is 298 cm³/mol. The van der Waals surface area contributed by atoms with E-state index in [0.717, 1.165) is 11.1 Å². The third kappa shape index (κ3) is 29.8. The summed E-state index contributed by atoms with van der Waals surface area (Å²) in [7, 11) is 0. The fourth-order valence-electron chi connectivity index (χ4n) is 5.06. The molecule has 0 heterocycles. The van der Waals surface area contributed by atoms with Crippen molar-refractivity contribution in [2.75, 3.05) is 0 Å². The molecule has 7 rings (SSSR count). The minimum atomic E-state index is -0.736. The molecule has 0 fully saturated rings. The van der Waals surface area contributed by atoms with Gasteiger partial charge in [-0.15, -0.1) is 0 Å². The van der Waals surface area contributed by atoms with Crippen molar-refractivity contribution in [1.82, 2.24) is 0 Å². The average molecular weight is 1040 g/mol. The number of hydrogen-bond acceptors (Lipinski definition) is 0. The summed E-state index contributed by atoms with van der Waals surface area (Å²) in [5.74, 6) is -4.30. The van der Waals surface area contributed by atoms with Crippen molar-refractivity contribution >= 4 is 0 Å². The molecule has 0 bridgehead atoms. The van der Waals surface area contributed by atoms with Gasteiger partial charge in [0.15, 0.2) is 11.6 Å². The lowest BCUT2D eigenvalue weighted by Crippen LogP contribution is -1.91. The Bertz CT molecular complexity index is 2380. The first kappa shape index (κ1) is 80.9. The van der Waals surface area contributed by atoms with Crippen LogP contribution in [0.15, 0.2) is 109 Å². The van der Waals surface area contributed by atoms with E-state index in [4.69, 9.17) is 0 Å². The van der Waals surface area contributed by atoms with Crippen LogP contribution in [0.5, 0.6) is 0 Å². The van der Waals surface area contributed by atoms with Gasteiger partial charge in [0.1, 0.15) is 46.5 Å². The summed E-state index contributed by atoms with van der Waals surface area (Å²) in [6.45, 7) is 23.8. The molecule has 0 saturated carbocycles. The summed E-state index contributed by atoms with van der Waals surface area (Å²) >= 11 is 0. The van der Waals surface area contributed by atoms with Gasteiger partial charge in [-0.05, 0) is 201 Å². The first-order valence-corrected chi connectivity index (χ1v) is 20.8. The number of hydrogen-bond donors (Lipinski definition) is 0. The van der Waals surface area contributed by atoms with Gasteiger partial charge in [0.25, 0.3) is 0 Å². The van der Waals surface area contributed by atoms with Crippen molar-refractivity contribution in [2.24, 2.45) is 0 Å². The number of benzene rings is 7. The van der Waals surface area contributed by atoms with Gasteiger partial charge in [-0.3, -0.25) is 0 Å². The Morgan fingerprint density at radius 1 is 0.192 bits per heavy atom. The molecular weight excluding hydrogens is 947 g/mol. The van der Waals surface area contributed by atoms with Crippen LogP contribution in [-0.4, -0.2) is 0 Å². The number of rotatable bonds is 0. The van der Waals surface area contributed by atoms with Crippen LogP contribution in [0, 0.1) is 155 Å². The highest BCUT2D eigenvalue weighted by Gasteiger charge is 2.07. The number of halogens is 10. The van der Waals surface area contributed by atoms with Gasteiger partial charge >= 0.3 is 0 Å². The minimum Gasteiger partial charge on any atom is -0.207 e. The van der Waals surface area contributed by atoms with Gasteiger partial charge in [-0.2, -0.15) is 0 Å². The van der Waals surface area contributed by atoms with E-state index in [1.54, 1.807) is 52.0 Å². The van der Waals surface area contributed by atoms with Crippen molar-refractivity contribution in [3.05, 3.63) is 245 Å². The van der Waals surface area contributed by atoms with E-state index in [1.165, 1.54) is 101 Å². The van der Waals surface area contributed by atoms with Gasteiger partial charge in [-0.1, -0.05) is 124 Å². The van der Waals surface area contributed by atoms with Crippen molar-refractivity contribution < 1.29 is 43.9 Å². The summed E-state index contributed by atoms with van der Waals surface area (Å²) in [5.41, 5.74) is 8.82. The fraction of sp³-hybridized carbons (Fsp3) is 0.333. The van der Waals surface area contributed by atoms with E-state index in [2.05, 4.69) is 38.1 Å². The zero-order valence-corrected chi connectivity index (χ0v) is 40.2. The standard InChI is InChI=1S/4C8H8F2.2C8H9F.C8H10.7CH4/c1-5-3-8(10)6(2)4-7(5)9;2*1-5-3-7(9)6(2)8(10)4-5;1-5-3-4-6(2)8(10)7(5)9;2*1-6-3-4-7(2)8(9)5-6;1-7-3-5-8(2)6-4-7;;;;;;;/h4*3-4H,1-2H3;2*3-5H,1-2H3;3-6H,1-2H3;7*1H4. The molecular formula is C63H88F10. The molecule has 410 valence electrons. The molecule has 0 saturated heterocycles. The second-order valence-electron chi connectivity index (χ2n) is 16.0. The van der Waals surface area contributed by atoms with Crippen molar-refractivity contribution in [1.29, 1.82) is 0 Å². The molecule has 0 aliphatic carbocycles. The molecule has 0 aliphatic rings. The molecule has 73 heavy (non-hydrogen) atoms. The van der Waals surface area contributed by atoms with Gasteiger partial charge in [0.2, 0.25) is 0 Å². The molecule has 7 aromatic rings. The van der Waals surface area contributed by atoms with E-state index in [0.29, 0.717) is 44.5 Å². The molecule has 0 spiro atoms. The third-order valence-corrected chi connectivity index (χ3v) is 9.63. The average Bonchev–Trinajstić information content (AvgIpc) is 3.24. The highest BCUT2D eigenvalue weighted by atomic mass is 19.2. The molecule has 0 unspecified atom stereocenters. The molecule has 0 amide bonds. The maximum absolute atomic E-state index is 12.6. The predicted octanol–water partition coefficient (Wildman–Crippen LogP) is 22.0. The maximum Gasteiger partial charge on any atom is 0.161 e. The summed E-state index contributed by atoms with van der Waals surface area (Å²) in [4.78, 5) is 0. The Balaban J connectivity index is -0.000000137. The first-order valence-electron chi connectivity index (χ1n) is 20.8. The monoisotopic (exact) mass is 1030 g/mol. The summed E-state index contributed by atoms with van der Waals surface area (Å²) in [5, 5.41) is 0.